The van der Waals surface area contributed by atoms with E-state index >= 15 is 0 Å². The van der Waals surface area contributed by atoms with Crippen LogP contribution in [0.15, 0.2) is 0 Å². The number of halogens is 1. The second-order valence-electron chi connectivity index (χ2n) is 5.03. The minimum atomic E-state index is 0. The molecule has 3 nitrogen and oxygen atoms in total. The number of ketones is 1. The Balaban J connectivity index is 0.000000853. The summed E-state index contributed by atoms with van der Waals surface area (Å²) in [7, 11) is 0. The van der Waals surface area contributed by atoms with Gasteiger partial charge in [0.1, 0.15) is 36.9 Å². The Morgan fingerprint density at radius 3 is 2.60 bits per heavy atom. The summed E-state index contributed by atoms with van der Waals surface area (Å²) in [5.74, 6) is 0.559. The van der Waals surface area contributed by atoms with Crippen LogP contribution in [-0.2, 0) is 9.63 Å². The summed E-state index contributed by atoms with van der Waals surface area (Å²) in [5, 5.41) is 0. The smallest absolute Gasteiger partial charge is 0.141 e. The summed E-state index contributed by atoms with van der Waals surface area (Å²) < 4.78 is 0.828. The van der Waals surface area contributed by atoms with Gasteiger partial charge in [-0.2, -0.15) is 9.48 Å². The Bertz CT molecular complexity index is 284. The average Bonchev–Trinajstić information content (AvgIpc) is 2.57. The van der Waals surface area contributed by atoms with Crippen molar-refractivity contribution in [2.75, 3.05) is 13.1 Å². The van der Waals surface area contributed by atoms with Gasteiger partial charge in [0.05, 0.1) is 0 Å². The quantitative estimate of drug-likeness (QED) is 0.502. The lowest BCUT2D eigenvalue weighted by Gasteiger charge is -2.33. The molecule has 2 bridgehead atoms. The standard InChI is InChI=1S/C11H18NO2.ClH/c1-8(13)11-9-4-2-6-12(9)7-3-5-10(11)14-12;/h9-11H,2-7H2,1H3;1H/q+1;/p-1/t9-,10-,11?,12?;/m0./s1. The lowest BCUT2D eigenvalue weighted by Crippen LogP contribution is -3.00. The van der Waals surface area contributed by atoms with Gasteiger partial charge in [-0.05, 0) is 13.3 Å². The van der Waals surface area contributed by atoms with Crippen molar-refractivity contribution in [1.82, 2.24) is 0 Å². The fourth-order valence-electron chi connectivity index (χ4n) is 3.81. The summed E-state index contributed by atoms with van der Waals surface area (Å²) in [6, 6.07) is 0.500. The summed E-state index contributed by atoms with van der Waals surface area (Å²) in [4.78, 5) is 17.7. The van der Waals surface area contributed by atoms with Crippen LogP contribution < -0.4 is 12.4 Å². The van der Waals surface area contributed by atoms with Gasteiger partial charge in [-0.3, -0.25) is 4.79 Å². The van der Waals surface area contributed by atoms with Crippen LogP contribution in [0.4, 0.5) is 0 Å². The molecule has 3 rings (SSSR count). The number of quaternary nitrogens is 1. The number of rotatable bonds is 1. The fraction of sp³-hybridized carbons (Fsp3) is 0.909. The number of hydroxylamine groups is 3. The van der Waals surface area contributed by atoms with Gasteiger partial charge in [-0.15, -0.1) is 0 Å². The lowest BCUT2D eigenvalue weighted by molar-refractivity contribution is -1.11. The van der Waals surface area contributed by atoms with Gasteiger partial charge in [0.25, 0.3) is 0 Å². The van der Waals surface area contributed by atoms with Crippen LogP contribution in [-0.4, -0.2) is 35.7 Å². The van der Waals surface area contributed by atoms with Gasteiger partial charge >= 0.3 is 0 Å². The van der Waals surface area contributed by atoms with Crippen LogP contribution in [0.3, 0.4) is 0 Å². The molecule has 0 aromatic carbocycles. The van der Waals surface area contributed by atoms with Gasteiger partial charge in [-0.25, -0.2) is 0 Å². The lowest BCUT2D eigenvalue weighted by atomic mass is 9.89. The van der Waals surface area contributed by atoms with Crippen LogP contribution in [0.2, 0.25) is 0 Å². The van der Waals surface area contributed by atoms with Crippen molar-refractivity contribution < 1.29 is 26.7 Å². The number of carbonyl (C=O) groups excluding carboxylic acids is 1. The molecule has 0 N–H and O–H groups in total. The summed E-state index contributed by atoms with van der Waals surface area (Å²) >= 11 is 0. The molecule has 0 aromatic heterocycles. The van der Waals surface area contributed by atoms with Crippen LogP contribution in [0.1, 0.15) is 32.6 Å². The van der Waals surface area contributed by atoms with E-state index in [9.17, 15) is 4.79 Å². The third-order valence-corrected chi connectivity index (χ3v) is 4.30. The summed E-state index contributed by atoms with van der Waals surface area (Å²) in [6.07, 6.45) is 5.01. The van der Waals surface area contributed by atoms with Crippen LogP contribution in [0, 0.1) is 5.92 Å². The van der Waals surface area contributed by atoms with Crippen molar-refractivity contribution in [1.29, 1.82) is 0 Å². The maximum absolute atomic E-state index is 11.6. The van der Waals surface area contributed by atoms with E-state index in [-0.39, 0.29) is 24.4 Å². The molecule has 0 aliphatic carbocycles. The Labute approximate surface area is 96.7 Å². The van der Waals surface area contributed by atoms with E-state index in [0.29, 0.717) is 11.8 Å². The van der Waals surface area contributed by atoms with Gasteiger partial charge < -0.3 is 12.4 Å². The number of fused-ring (bicyclic) bond motifs is 1. The molecule has 0 radical (unpaired) electrons. The molecule has 86 valence electrons. The summed E-state index contributed by atoms with van der Waals surface area (Å²) in [6.45, 7) is 4.03. The van der Waals surface area contributed by atoms with E-state index < -0.39 is 0 Å². The zero-order valence-corrected chi connectivity index (χ0v) is 9.87. The highest BCUT2D eigenvalue weighted by Gasteiger charge is 2.61. The maximum Gasteiger partial charge on any atom is 0.141 e. The zero-order valence-electron chi connectivity index (χ0n) is 9.12. The highest BCUT2D eigenvalue weighted by atomic mass is 35.5. The molecule has 1 spiro atoms. The number of hydrogen-bond acceptors (Lipinski definition) is 2. The normalized spacial score (nSPS) is 47.1. The van der Waals surface area contributed by atoms with E-state index in [4.69, 9.17) is 4.84 Å². The van der Waals surface area contributed by atoms with E-state index in [1.165, 1.54) is 19.3 Å². The average molecular weight is 232 g/mol. The fourth-order valence-corrected chi connectivity index (χ4v) is 3.81. The van der Waals surface area contributed by atoms with Crippen molar-refractivity contribution in [3.8, 4) is 0 Å². The topological polar surface area (TPSA) is 26.3 Å². The predicted molar refractivity (Wildman–Crippen MR) is 51.3 cm³/mol. The molecule has 3 fully saturated rings. The van der Waals surface area contributed by atoms with Crippen molar-refractivity contribution in [2.45, 2.75) is 44.8 Å². The molecule has 3 heterocycles. The molecule has 4 atom stereocenters. The van der Waals surface area contributed by atoms with Crippen molar-refractivity contribution in [3.05, 3.63) is 0 Å². The predicted octanol–water partition coefficient (Wildman–Crippen LogP) is -1.72. The van der Waals surface area contributed by atoms with Gasteiger partial charge in [0.15, 0.2) is 0 Å². The van der Waals surface area contributed by atoms with E-state index in [1.807, 2.05) is 0 Å². The molecule has 3 aliphatic heterocycles. The molecule has 2 unspecified atom stereocenters. The number of hydrogen-bond donors (Lipinski definition) is 0. The number of Topliss-reactive ketones (excluding diaryl/α,β-unsaturated/α-hetero) is 1. The van der Waals surface area contributed by atoms with Gasteiger partial charge in [0.2, 0.25) is 0 Å². The maximum atomic E-state index is 11.6. The minimum Gasteiger partial charge on any atom is -1.00 e. The first kappa shape index (κ1) is 11.4. The first-order valence-electron chi connectivity index (χ1n) is 5.78. The minimum absolute atomic E-state index is 0. The Kier molecular flexibility index (Phi) is 2.82. The first-order valence-corrected chi connectivity index (χ1v) is 5.78. The molecule has 0 saturated carbocycles. The van der Waals surface area contributed by atoms with Crippen LogP contribution in [0.25, 0.3) is 0 Å². The molecule has 0 amide bonds. The SMILES string of the molecule is CC(=O)C1[C@@H]2CCC[N+]3(CCC[C@@H]13)O2.[Cl-]. The summed E-state index contributed by atoms with van der Waals surface area (Å²) in [5.41, 5.74) is 0. The molecule has 3 saturated heterocycles. The molecule has 4 heteroatoms. The van der Waals surface area contributed by atoms with E-state index in [0.717, 1.165) is 24.2 Å². The van der Waals surface area contributed by atoms with E-state index in [2.05, 4.69) is 0 Å². The zero-order chi connectivity index (χ0) is 9.76. The highest BCUT2D eigenvalue weighted by molar-refractivity contribution is 5.79. The molecule has 0 aromatic rings. The molecular formula is C11H18ClNO2. The third kappa shape index (κ3) is 1.44. The van der Waals surface area contributed by atoms with Crippen LogP contribution in [0.5, 0.6) is 0 Å². The number of nitrogens with zero attached hydrogens (tertiary/aromatic N) is 1. The third-order valence-electron chi connectivity index (χ3n) is 4.30. The Morgan fingerprint density at radius 2 is 1.93 bits per heavy atom. The van der Waals surface area contributed by atoms with Crippen molar-refractivity contribution in [2.24, 2.45) is 5.92 Å². The molecular weight excluding hydrogens is 214 g/mol. The van der Waals surface area contributed by atoms with Crippen LogP contribution >= 0.6 is 0 Å². The second kappa shape index (κ2) is 3.72. The molecule has 15 heavy (non-hydrogen) atoms. The largest absolute Gasteiger partial charge is 1.00 e. The first-order chi connectivity index (χ1) is 6.73. The Morgan fingerprint density at radius 1 is 1.27 bits per heavy atom. The second-order valence-corrected chi connectivity index (χ2v) is 5.03. The number of carbonyl (C=O) groups is 1. The van der Waals surface area contributed by atoms with Crippen molar-refractivity contribution >= 4 is 5.78 Å². The Hall–Kier alpha value is -0.120. The highest BCUT2D eigenvalue weighted by Crippen LogP contribution is 2.47. The van der Waals surface area contributed by atoms with Crippen molar-refractivity contribution in [3.63, 3.8) is 0 Å². The van der Waals surface area contributed by atoms with E-state index in [1.54, 1.807) is 6.92 Å². The van der Waals surface area contributed by atoms with Gasteiger partial charge in [-0.1, -0.05) is 0 Å². The van der Waals surface area contributed by atoms with Gasteiger partial charge in [0, 0.05) is 19.3 Å². The molecule has 3 aliphatic rings. The monoisotopic (exact) mass is 231 g/mol.